The highest BCUT2D eigenvalue weighted by atomic mass is 79.9. The summed E-state index contributed by atoms with van der Waals surface area (Å²) in [5.41, 5.74) is 2.57. The van der Waals surface area contributed by atoms with Crippen molar-refractivity contribution in [2.75, 3.05) is 44.3 Å². The smallest absolute Gasteiger partial charge is 0.260 e. The summed E-state index contributed by atoms with van der Waals surface area (Å²) in [6, 6.07) is 11.3. The van der Waals surface area contributed by atoms with Gasteiger partial charge in [-0.05, 0) is 55.3 Å². The van der Waals surface area contributed by atoms with Gasteiger partial charge >= 0.3 is 0 Å². The van der Waals surface area contributed by atoms with Crippen LogP contribution in [0, 0.1) is 6.92 Å². The molecule has 0 radical (unpaired) electrons. The van der Waals surface area contributed by atoms with Gasteiger partial charge in [-0.3, -0.25) is 14.6 Å². The van der Waals surface area contributed by atoms with Crippen molar-refractivity contribution in [1.82, 2.24) is 9.88 Å². The second-order valence-corrected chi connectivity index (χ2v) is 9.70. The Labute approximate surface area is 193 Å². The number of anilines is 1. The van der Waals surface area contributed by atoms with Gasteiger partial charge in [0.15, 0.2) is 5.13 Å². The van der Waals surface area contributed by atoms with Crippen molar-refractivity contribution >= 4 is 60.1 Å². The number of halogens is 2. The fourth-order valence-corrected chi connectivity index (χ4v) is 5.28. The van der Waals surface area contributed by atoms with Crippen LogP contribution in [0.25, 0.3) is 10.2 Å². The molecule has 0 unspecified atom stereocenters. The van der Waals surface area contributed by atoms with Gasteiger partial charge in [0.2, 0.25) is 0 Å². The number of amides is 1. The molecule has 1 fully saturated rings. The van der Waals surface area contributed by atoms with Crippen LogP contribution in [0.2, 0.25) is 5.02 Å². The van der Waals surface area contributed by atoms with Gasteiger partial charge in [0.1, 0.15) is 0 Å². The lowest BCUT2D eigenvalue weighted by Crippen LogP contribution is -2.39. The van der Waals surface area contributed by atoms with E-state index in [0.717, 1.165) is 59.5 Å². The van der Waals surface area contributed by atoms with Gasteiger partial charge in [0.25, 0.3) is 5.91 Å². The molecule has 2 heterocycles. The van der Waals surface area contributed by atoms with Crippen molar-refractivity contribution in [3.63, 3.8) is 0 Å². The topological polar surface area (TPSA) is 45.7 Å². The molecule has 158 valence electrons. The van der Waals surface area contributed by atoms with Crippen LogP contribution in [-0.4, -0.2) is 55.2 Å². The standard InChI is InChI=1S/C22H23BrClN3O2S/c1-15-13-18(24)14-19-20(15)25-22(30-19)27(8-2-7-26-9-11-29-12-10-26)21(28)16-3-5-17(23)6-4-16/h3-6,13-14H,2,7-12H2,1H3. The molecule has 5 nitrogen and oxygen atoms in total. The minimum Gasteiger partial charge on any atom is -0.379 e. The monoisotopic (exact) mass is 507 g/mol. The zero-order valence-corrected chi connectivity index (χ0v) is 19.9. The molecule has 1 aromatic heterocycles. The van der Waals surface area contributed by atoms with Crippen LogP contribution in [0.15, 0.2) is 40.9 Å². The number of hydrogen-bond acceptors (Lipinski definition) is 5. The average molecular weight is 509 g/mol. The molecule has 0 aliphatic carbocycles. The molecular formula is C22H23BrClN3O2S. The van der Waals surface area contributed by atoms with Crippen molar-refractivity contribution in [2.24, 2.45) is 0 Å². The van der Waals surface area contributed by atoms with Gasteiger partial charge in [-0.25, -0.2) is 4.98 Å². The van der Waals surface area contributed by atoms with E-state index in [2.05, 4.69) is 20.8 Å². The van der Waals surface area contributed by atoms with Gasteiger partial charge in [-0.1, -0.05) is 38.9 Å². The summed E-state index contributed by atoms with van der Waals surface area (Å²) in [5, 5.41) is 1.40. The van der Waals surface area contributed by atoms with Crippen LogP contribution in [0.3, 0.4) is 0 Å². The Balaban J connectivity index is 1.59. The number of hydrogen-bond donors (Lipinski definition) is 0. The van der Waals surface area contributed by atoms with Crippen molar-refractivity contribution in [3.8, 4) is 0 Å². The fraction of sp³-hybridized carbons (Fsp3) is 0.364. The average Bonchev–Trinajstić information content (AvgIpc) is 3.16. The third-order valence-corrected chi connectivity index (χ3v) is 6.94. The van der Waals surface area contributed by atoms with E-state index in [-0.39, 0.29) is 5.91 Å². The number of fused-ring (bicyclic) bond motifs is 1. The predicted molar refractivity (Wildman–Crippen MR) is 127 cm³/mol. The number of aryl methyl sites for hydroxylation is 1. The summed E-state index contributed by atoms with van der Waals surface area (Å²) < 4.78 is 7.37. The van der Waals surface area contributed by atoms with E-state index in [1.807, 2.05) is 48.2 Å². The number of thiazole rings is 1. The van der Waals surface area contributed by atoms with Crippen LogP contribution in [0.1, 0.15) is 22.3 Å². The fourth-order valence-electron chi connectivity index (χ4n) is 3.57. The summed E-state index contributed by atoms with van der Waals surface area (Å²) in [6.45, 7) is 6.98. The molecule has 0 saturated carbocycles. The van der Waals surface area contributed by atoms with E-state index in [9.17, 15) is 4.79 Å². The minimum atomic E-state index is -0.0349. The number of ether oxygens (including phenoxy) is 1. The van der Waals surface area contributed by atoms with Crippen LogP contribution < -0.4 is 4.90 Å². The van der Waals surface area contributed by atoms with Gasteiger partial charge in [0, 0.05) is 41.2 Å². The van der Waals surface area contributed by atoms with E-state index in [1.165, 1.54) is 11.3 Å². The lowest BCUT2D eigenvalue weighted by atomic mass is 10.2. The number of aromatic nitrogens is 1. The maximum absolute atomic E-state index is 13.4. The van der Waals surface area contributed by atoms with E-state index in [0.29, 0.717) is 22.3 Å². The van der Waals surface area contributed by atoms with E-state index in [4.69, 9.17) is 21.3 Å². The summed E-state index contributed by atoms with van der Waals surface area (Å²) in [5.74, 6) is -0.0349. The number of carbonyl (C=O) groups is 1. The highest BCUT2D eigenvalue weighted by molar-refractivity contribution is 9.10. The molecule has 30 heavy (non-hydrogen) atoms. The minimum absolute atomic E-state index is 0.0349. The first-order valence-electron chi connectivity index (χ1n) is 9.95. The molecule has 2 aromatic carbocycles. The second-order valence-electron chi connectivity index (χ2n) is 7.34. The molecule has 4 rings (SSSR count). The molecule has 0 bridgehead atoms. The molecule has 8 heteroatoms. The lowest BCUT2D eigenvalue weighted by molar-refractivity contribution is 0.0376. The van der Waals surface area contributed by atoms with Crippen LogP contribution in [0.4, 0.5) is 5.13 Å². The number of rotatable bonds is 6. The van der Waals surface area contributed by atoms with Crippen LogP contribution in [0.5, 0.6) is 0 Å². The quantitative estimate of drug-likeness (QED) is 0.448. The van der Waals surface area contributed by atoms with Gasteiger partial charge in [-0.2, -0.15) is 0 Å². The second kappa shape index (κ2) is 9.75. The highest BCUT2D eigenvalue weighted by Crippen LogP contribution is 2.33. The van der Waals surface area contributed by atoms with Crippen molar-refractivity contribution in [1.29, 1.82) is 0 Å². The van der Waals surface area contributed by atoms with Crippen molar-refractivity contribution < 1.29 is 9.53 Å². The van der Waals surface area contributed by atoms with Crippen molar-refractivity contribution in [2.45, 2.75) is 13.3 Å². The number of benzene rings is 2. The Kier molecular flexibility index (Phi) is 7.05. The Morgan fingerprint density at radius 3 is 2.73 bits per heavy atom. The highest BCUT2D eigenvalue weighted by Gasteiger charge is 2.22. The molecule has 1 saturated heterocycles. The van der Waals surface area contributed by atoms with E-state index >= 15 is 0 Å². The summed E-state index contributed by atoms with van der Waals surface area (Å²) >= 11 is 11.2. The first kappa shape index (κ1) is 21.7. The zero-order chi connectivity index (χ0) is 21.1. The molecule has 3 aromatic rings. The Bertz CT molecular complexity index is 1030. The zero-order valence-electron chi connectivity index (χ0n) is 16.7. The normalized spacial score (nSPS) is 14.9. The van der Waals surface area contributed by atoms with Gasteiger partial charge in [0.05, 0.1) is 23.4 Å². The maximum Gasteiger partial charge on any atom is 0.260 e. The predicted octanol–water partition coefficient (Wildman–Crippen LogP) is 5.39. The number of carbonyl (C=O) groups excluding carboxylic acids is 1. The summed E-state index contributed by atoms with van der Waals surface area (Å²) in [4.78, 5) is 22.4. The SMILES string of the molecule is Cc1cc(Cl)cc2sc(N(CCCN3CCOCC3)C(=O)c3ccc(Br)cc3)nc12. The maximum atomic E-state index is 13.4. The molecule has 0 N–H and O–H groups in total. The van der Waals surface area contributed by atoms with Crippen LogP contribution >= 0.6 is 38.9 Å². The Morgan fingerprint density at radius 2 is 2.00 bits per heavy atom. The number of morpholine rings is 1. The third-order valence-electron chi connectivity index (χ3n) is 5.17. The molecule has 0 spiro atoms. The molecular weight excluding hydrogens is 486 g/mol. The van der Waals surface area contributed by atoms with Crippen LogP contribution in [-0.2, 0) is 4.74 Å². The first-order chi connectivity index (χ1) is 14.5. The number of nitrogens with zero attached hydrogens (tertiary/aromatic N) is 3. The van der Waals surface area contributed by atoms with E-state index < -0.39 is 0 Å². The van der Waals surface area contributed by atoms with E-state index in [1.54, 1.807) is 0 Å². The molecule has 1 amide bonds. The first-order valence-corrected chi connectivity index (χ1v) is 11.9. The molecule has 1 aliphatic heterocycles. The third kappa shape index (κ3) is 5.03. The largest absolute Gasteiger partial charge is 0.379 e. The Hall–Kier alpha value is -1.51. The summed E-state index contributed by atoms with van der Waals surface area (Å²) in [7, 11) is 0. The summed E-state index contributed by atoms with van der Waals surface area (Å²) in [6.07, 6.45) is 0.873. The van der Waals surface area contributed by atoms with Gasteiger partial charge < -0.3 is 4.74 Å². The molecule has 0 atom stereocenters. The van der Waals surface area contributed by atoms with Gasteiger partial charge in [-0.15, -0.1) is 0 Å². The lowest BCUT2D eigenvalue weighted by Gasteiger charge is -2.27. The van der Waals surface area contributed by atoms with Crippen molar-refractivity contribution in [3.05, 3.63) is 57.0 Å². The molecule has 1 aliphatic rings. The Morgan fingerprint density at radius 1 is 1.27 bits per heavy atom.